The topological polar surface area (TPSA) is 78.0 Å². The van der Waals surface area contributed by atoms with Gasteiger partial charge in [-0.1, -0.05) is 13.0 Å². The number of benzene rings is 1. The normalized spacial score (nSPS) is 26.9. The van der Waals surface area contributed by atoms with Crippen molar-refractivity contribution in [3.05, 3.63) is 29.3 Å². The molecule has 3 aliphatic heterocycles. The van der Waals surface area contributed by atoms with Crippen molar-refractivity contribution in [2.45, 2.75) is 45.7 Å². The van der Waals surface area contributed by atoms with Crippen molar-refractivity contribution in [3.8, 4) is 0 Å². The van der Waals surface area contributed by atoms with Crippen molar-refractivity contribution in [2.75, 3.05) is 36.0 Å². The smallest absolute Gasteiger partial charge is 0.325 e. The van der Waals surface area contributed by atoms with Gasteiger partial charge in [-0.25, -0.2) is 13.2 Å². The molecule has 3 aliphatic rings. The zero-order valence-corrected chi connectivity index (χ0v) is 18.1. The highest BCUT2D eigenvalue weighted by molar-refractivity contribution is 7.91. The SMILES string of the molecule is Cc1cc(C)cc(N2C(=O)N(CC(=O)N3CCC(C)CC3)C3CS(=O)(=O)CC32)c1. The van der Waals surface area contributed by atoms with Crippen LogP contribution in [0.25, 0.3) is 0 Å². The van der Waals surface area contributed by atoms with Crippen molar-refractivity contribution < 1.29 is 18.0 Å². The molecule has 0 saturated carbocycles. The lowest BCUT2D eigenvalue weighted by Crippen LogP contribution is -2.47. The predicted molar refractivity (Wildman–Crippen MR) is 112 cm³/mol. The van der Waals surface area contributed by atoms with Crippen LogP contribution in [-0.4, -0.2) is 73.4 Å². The molecule has 0 aromatic heterocycles. The summed E-state index contributed by atoms with van der Waals surface area (Å²) in [5.74, 6) is 0.393. The summed E-state index contributed by atoms with van der Waals surface area (Å²) < 4.78 is 24.7. The second-order valence-corrected chi connectivity index (χ2v) is 11.1. The Morgan fingerprint density at radius 1 is 1.03 bits per heavy atom. The van der Waals surface area contributed by atoms with Gasteiger partial charge in [0.2, 0.25) is 5.91 Å². The third-order valence-corrected chi connectivity index (χ3v) is 8.10. The third-order valence-electron chi connectivity index (χ3n) is 6.40. The standard InChI is InChI=1S/C21H29N3O4S/c1-14-4-6-22(7-5-14)20(25)11-23-18-12-29(27,28)13-19(18)24(21(23)26)17-9-15(2)8-16(3)10-17/h8-10,14,18-19H,4-7,11-13H2,1-3H3. The lowest BCUT2D eigenvalue weighted by atomic mass is 9.99. The number of urea groups is 1. The van der Waals surface area contributed by atoms with Crippen LogP contribution in [0.15, 0.2) is 18.2 Å². The monoisotopic (exact) mass is 419 g/mol. The average Bonchev–Trinajstić information content (AvgIpc) is 3.05. The zero-order chi connectivity index (χ0) is 20.9. The quantitative estimate of drug-likeness (QED) is 0.702. The van der Waals surface area contributed by atoms with Crippen molar-refractivity contribution in [2.24, 2.45) is 5.92 Å². The Kier molecular flexibility index (Phi) is 5.09. The molecule has 0 bridgehead atoms. The number of nitrogens with zero attached hydrogens (tertiary/aromatic N) is 3. The predicted octanol–water partition coefficient (Wildman–Crippen LogP) is 1.97. The van der Waals surface area contributed by atoms with E-state index in [1.165, 1.54) is 4.90 Å². The number of rotatable bonds is 3. The van der Waals surface area contributed by atoms with E-state index in [0.717, 1.165) is 24.0 Å². The Labute approximate surface area is 172 Å². The van der Waals surface area contributed by atoms with Crippen LogP contribution < -0.4 is 4.90 Å². The number of hydrogen-bond donors (Lipinski definition) is 0. The summed E-state index contributed by atoms with van der Waals surface area (Å²) in [5, 5.41) is 0. The average molecular weight is 420 g/mol. The number of sulfone groups is 1. The molecule has 3 heterocycles. The minimum atomic E-state index is -3.25. The fourth-order valence-electron chi connectivity index (χ4n) is 4.86. The molecular weight excluding hydrogens is 390 g/mol. The van der Waals surface area contributed by atoms with Crippen LogP contribution in [0, 0.1) is 19.8 Å². The molecule has 3 fully saturated rings. The molecule has 0 radical (unpaired) electrons. The number of fused-ring (bicyclic) bond motifs is 1. The number of aryl methyl sites for hydroxylation is 2. The summed E-state index contributed by atoms with van der Waals surface area (Å²) in [6.45, 7) is 7.45. The van der Waals surface area contributed by atoms with Gasteiger partial charge in [-0.05, 0) is 55.9 Å². The molecule has 0 aliphatic carbocycles. The van der Waals surface area contributed by atoms with E-state index in [2.05, 4.69) is 6.92 Å². The molecule has 7 nitrogen and oxygen atoms in total. The summed E-state index contributed by atoms with van der Waals surface area (Å²) in [4.78, 5) is 31.1. The van der Waals surface area contributed by atoms with Gasteiger partial charge in [0.25, 0.3) is 0 Å². The van der Waals surface area contributed by atoms with Gasteiger partial charge >= 0.3 is 6.03 Å². The summed E-state index contributed by atoms with van der Waals surface area (Å²) in [6, 6.07) is 4.66. The fourth-order valence-corrected chi connectivity index (χ4v) is 6.81. The van der Waals surface area contributed by atoms with Gasteiger partial charge < -0.3 is 9.80 Å². The Balaban J connectivity index is 1.61. The minimum Gasteiger partial charge on any atom is -0.341 e. The molecular formula is C21H29N3O4S. The number of carbonyl (C=O) groups excluding carboxylic acids is 2. The summed E-state index contributed by atoms with van der Waals surface area (Å²) >= 11 is 0. The first-order valence-electron chi connectivity index (χ1n) is 10.3. The van der Waals surface area contributed by atoms with Crippen LogP contribution in [0.1, 0.15) is 30.9 Å². The van der Waals surface area contributed by atoms with Gasteiger partial charge in [-0.2, -0.15) is 0 Å². The Morgan fingerprint density at radius 2 is 1.62 bits per heavy atom. The Morgan fingerprint density at radius 3 is 2.24 bits per heavy atom. The van der Waals surface area contributed by atoms with Gasteiger partial charge in [-0.3, -0.25) is 9.69 Å². The summed E-state index contributed by atoms with van der Waals surface area (Å²) in [7, 11) is -3.25. The molecule has 8 heteroatoms. The number of piperidine rings is 1. The van der Waals surface area contributed by atoms with Crippen LogP contribution in [0.3, 0.4) is 0 Å². The first-order chi connectivity index (χ1) is 13.6. The molecule has 2 atom stereocenters. The minimum absolute atomic E-state index is 0.0504. The van der Waals surface area contributed by atoms with Gasteiger partial charge in [0.05, 0.1) is 23.6 Å². The van der Waals surface area contributed by atoms with Crippen molar-refractivity contribution in [1.29, 1.82) is 0 Å². The molecule has 0 spiro atoms. The summed E-state index contributed by atoms with van der Waals surface area (Å²) in [5.41, 5.74) is 2.74. The molecule has 29 heavy (non-hydrogen) atoms. The second kappa shape index (κ2) is 7.31. The van der Waals surface area contributed by atoms with Crippen molar-refractivity contribution in [3.63, 3.8) is 0 Å². The number of carbonyl (C=O) groups is 2. The number of anilines is 1. The largest absolute Gasteiger partial charge is 0.341 e. The van der Waals surface area contributed by atoms with Crippen LogP contribution >= 0.6 is 0 Å². The van der Waals surface area contributed by atoms with Gasteiger partial charge in [0.15, 0.2) is 9.84 Å². The van der Waals surface area contributed by atoms with Gasteiger partial charge in [0.1, 0.15) is 6.54 Å². The van der Waals surface area contributed by atoms with E-state index in [1.807, 2.05) is 36.9 Å². The van der Waals surface area contributed by atoms with Crippen molar-refractivity contribution in [1.82, 2.24) is 9.80 Å². The van der Waals surface area contributed by atoms with Crippen LogP contribution in [0.4, 0.5) is 10.5 Å². The molecule has 0 N–H and O–H groups in total. The highest BCUT2D eigenvalue weighted by Crippen LogP contribution is 2.35. The maximum atomic E-state index is 13.3. The first kappa shape index (κ1) is 20.2. The number of hydrogen-bond acceptors (Lipinski definition) is 4. The van der Waals surface area contributed by atoms with E-state index < -0.39 is 21.9 Å². The molecule has 3 saturated heterocycles. The van der Waals surface area contributed by atoms with E-state index in [-0.39, 0.29) is 30.0 Å². The van der Waals surface area contributed by atoms with Gasteiger partial charge in [-0.15, -0.1) is 0 Å². The second-order valence-electron chi connectivity index (χ2n) is 8.90. The first-order valence-corrected chi connectivity index (χ1v) is 12.1. The molecule has 4 rings (SSSR count). The van der Waals surface area contributed by atoms with Crippen LogP contribution in [-0.2, 0) is 14.6 Å². The highest BCUT2D eigenvalue weighted by Gasteiger charge is 2.54. The fraction of sp³-hybridized carbons (Fsp3) is 0.619. The lowest BCUT2D eigenvalue weighted by Gasteiger charge is -2.32. The Bertz CT molecular complexity index is 917. The molecule has 3 amide bonds. The maximum absolute atomic E-state index is 13.3. The Hall–Kier alpha value is -2.09. The van der Waals surface area contributed by atoms with E-state index in [0.29, 0.717) is 24.7 Å². The highest BCUT2D eigenvalue weighted by atomic mass is 32.2. The molecule has 2 unspecified atom stereocenters. The molecule has 1 aromatic carbocycles. The number of likely N-dealkylation sites (tertiary alicyclic amines) is 1. The van der Waals surface area contributed by atoms with Crippen molar-refractivity contribution >= 4 is 27.5 Å². The molecule has 1 aromatic rings. The number of amides is 3. The van der Waals surface area contributed by atoms with Gasteiger partial charge in [0, 0.05) is 18.8 Å². The molecule has 158 valence electrons. The lowest BCUT2D eigenvalue weighted by molar-refractivity contribution is -0.133. The van der Waals surface area contributed by atoms with E-state index in [9.17, 15) is 18.0 Å². The third kappa shape index (κ3) is 3.86. The van der Waals surface area contributed by atoms with E-state index in [1.54, 1.807) is 4.90 Å². The summed E-state index contributed by atoms with van der Waals surface area (Å²) in [6.07, 6.45) is 1.93. The van der Waals surface area contributed by atoms with E-state index >= 15 is 0 Å². The van der Waals surface area contributed by atoms with Crippen LogP contribution in [0.2, 0.25) is 0 Å². The maximum Gasteiger partial charge on any atom is 0.325 e. The van der Waals surface area contributed by atoms with E-state index in [4.69, 9.17) is 0 Å². The zero-order valence-electron chi connectivity index (χ0n) is 17.3. The van der Waals surface area contributed by atoms with Crippen LogP contribution in [0.5, 0.6) is 0 Å².